The topological polar surface area (TPSA) is 57.6 Å². The number of aromatic nitrogens is 1. The third-order valence-electron chi connectivity index (χ3n) is 4.81. The van der Waals surface area contributed by atoms with Gasteiger partial charge in [0.25, 0.3) is 5.56 Å². The standard InChI is InChI=1S/C19H26N4O2/c1-3-20-18(24)14-23-10-8-22(9-11-23)13-16-12-15-6-4-5-7-17(15)21(2)19(16)25/h4-7,12H,3,8-11,13-14H2,1-2H3,(H,20,24). The smallest absolute Gasteiger partial charge is 0.255 e. The fourth-order valence-corrected chi connectivity index (χ4v) is 3.41. The molecule has 2 aromatic rings. The van der Waals surface area contributed by atoms with E-state index in [4.69, 9.17) is 0 Å². The molecule has 0 bridgehead atoms. The van der Waals surface area contributed by atoms with Crippen LogP contribution in [-0.4, -0.2) is 59.5 Å². The minimum atomic E-state index is 0.0726. The Hall–Kier alpha value is -2.18. The number of amides is 1. The molecular formula is C19H26N4O2. The predicted molar refractivity (Wildman–Crippen MR) is 99.6 cm³/mol. The van der Waals surface area contributed by atoms with Gasteiger partial charge in [-0.1, -0.05) is 18.2 Å². The summed E-state index contributed by atoms with van der Waals surface area (Å²) in [6, 6.07) is 9.98. The zero-order valence-electron chi connectivity index (χ0n) is 15.0. The van der Waals surface area contributed by atoms with E-state index in [0.29, 0.717) is 19.6 Å². The van der Waals surface area contributed by atoms with Crippen molar-refractivity contribution in [3.63, 3.8) is 0 Å². The largest absolute Gasteiger partial charge is 0.355 e. The number of aryl methyl sites for hydroxylation is 1. The molecule has 1 amide bonds. The molecule has 1 aromatic heterocycles. The highest BCUT2D eigenvalue weighted by Gasteiger charge is 2.20. The van der Waals surface area contributed by atoms with Crippen LogP contribution in [0.15, 0.2) is 35.1 Å². The van der Waals surface area contributed by atoms with E-state index >= 15 is 0 Å². The van der Waals surface area contributed by atoms with Crippen LogP contribution in [-0.2, 0) is 18.4 Å². The normalized spacial score (nSPS) is 16.2. The number of rotatable bonds is 5. The zero-order chi connectivity index (χ0) is 17.8. The van der Waals surface area contributed by atoms with Gasteiger partial charge in [-0.05, 0) is 24.4 Å². The molecule has 1 fully saturated rings. The molecule has 6 heteroatoms. The summed E-state index contributed by atoms with van der Waals surface area (Å²) in [6.45, 7) is 7.16. The predicted octanol–water partition coefficient (Wildman–Crippen LogP) is 0.792. The third-order valence-corrected chi connectivity index (χ3v) is 4.81. The lowest BCUT2D eigenvalue weighted by atomic mass is 10.1. The number of likely N-dealkylation sites (N-methyl/N-ethyl adjacent to an activating group) is 1. The van der Waals surface area contributed by atoms with E-state index in [2.05, 4.69) is 15.1 Å². The molecule has 1 aromatic carbocycles. The molecule has 0 unspecified atom stereocenters. The van der Waals surface area contributed by atoms with Gasteiger partial charge in [-0.15, -0.1) is 0 Å². The Morgan fingerprint density at radius 2 is 1.80 bits per heavy atom. The second-order valence-corrected chi connectivity index (χ2v) is 6.60. The molecule has 1 N–H and O–H groups in total. The third kappa shape index (κ3) is 4.08. The lowest BCUT2D eigenvalue weighted by molar-refractivity contribution is -0.122. The van der Waals surface area contributed by atoms with Crippen LogP contribution in [0.2, 0.25) is 0 Å². The maximum Gasteiger partial charge on any atom is 0.255 e. The van der Waals surface area contributed by atoms with Crippen LogP contribution in [0, 0.1) is 0 Å². The number of carbonyl (C=O) groups excluding carboxylic acids is 1. The molecule has 0 spiro atoms. The average Bonchev–Trinajstić information content (AvgIpc) is 2.61. The Morgan fingerprint density at radius 3 is 2.52 bits per heavy atom. The van der Waals surface area contributed by atoms with Crippen molar-refractivity contribution < 1.29 is 4.79 Å². The molecule has 3 rings (SSSR count). The highest BCUT2D eigenvalue weighted by atomic mass is 16.2. The highest BCUT2D eigenvalue weighted by Crippen LogP contribution is 2.14. The summed E-state index contributed by atoms with van der Waals surface area (Å²) in [7, 11) is 1.83. The summed E-state index contributed by atoms with van der Waals surface area (Å²) >= 11 is 0. The molecule has 25 heavy (non-hydrogen) atoms. The van der Waals surface area contributed by atoms with Crippen LogP contribution < -0.4 is 10.9 Å². The Balaban J connectivity index is 1.64. The fourth-order valence-electron chi connectivity index (χ4n) is 3.41. The van der Waals surface area contributed by atoms with Gasteiger partial charge in [0.15, 0.2) is 0 Å². The Morgan fingerprint density at radius 1 is 1.12 bits per heavy atom. The van der Waals surface area contributed by atoms with E-state index in [9.17, 15) is 9.59 Å². The number of fused-ring (bicyclic) bond motifs is 1. The summed E-state index contributed by atoms with van der Waals surface area (Å²) in [4.78, 5) is 28.7. The number of hydrogen-bond acceptors (Lipinski definition) is 4. The van der Waals surface area contributed by atoms with Crippen molar-refractivity contribution in [3.05, 3.63) is 46.2 Å². The van der Waals surface area contributed by atoms with Crippen molar-refractivity contribution in [2.24, 2.45) is 7.05 Å². The fraction of sp³-hybridized carbons (Fsp3) is 0.474. The molecule has 1 aliphatic heterocycles. The van der Waals surface area contributed by atoms with Crippen LogP contribution in [0.5, 0.6) is 0 Å². The van der Waals surface area contributed by atoms with Crippen molar-refractivity contribution in [3.8, 4) is 0 Å². The van der Waals surface area contributed by atoms with Crippen LogP contribution >= 0.6 is 0 Å². The summed E-state index contributed by atoms with van der Waals surface area (Å²) in [5, 5.41) is 3.93. The van der Waals surface area contributed by atoms with Gasteiger partial charge in [-0.25, -0.2) is 0 Å². The minimum Gasteiger partial charge on any atom is -0.355 e. The maximum atomic E-state index is 12.6. The van der Waals surface area contributed by atoms with Gasteiger partial charge in [-0.3, -0.25) is 19.4 Å². The lowest BCUT2D eigenvalue weighted by Gasteiger charge is -2.34. The minimum absolute atomic E-state index is 0.0726. The molecule has 6 nitrogen and oxygen atoms in total. The lowest BCUT2D eigenvalue weighted by Crippen LogP contribution is -2.49. The van der Waals surface area contributed by atoms with Gasteiger partial charge in [0, 0.05) is 51.9 Å². The molecule has 1 saturated heterocycles. The van der Waals surface area contributed by atoms with Gasteiger partial charge in [0.05, 0.1) is 12.1 Å². The maximum absolute atomic E-state index is 12.6. The van der Waals surface area contributed by atoms with E-state index in [1.165, 1.54) is 0 Å². The van der Waals surface area contributed by atoms with E-state index in [-0.39, 0.29) is 11.5 Å². The molecule has 2 heterocycles. The van der Waals surface area contributed by atoms with Crippen molar-refractivity contribution in [2.45, 2.75) is 13.5 Å². The van der Waals surface area contributed by atoms with Crippen LogP contribution in [0.3, 0.4) is 0 Å². The number of benzene rings is 1. The van der Waals surface area contributed by atoms with Crippen LogP contribution in [0.1, 0.15) is 12.5 Å². The SMILES string of the molecule is CCNC(=O)CN1CCN(Cc2cc3ccccc3n(C)c2=O)CC1. The van der Waals surface area contributed by atoms with E-state index in [0.717, 1.165) is 42.6 Å². The van der Waals surface area contributed by atoms with Crippen molar-refractivity contribution >= 4 is 16.8 Å². The number of pyridine rings is 1. The van der Waals surface area contributed by atoms with E-state index in [1.54, 1.807) is 4.57 Å². The molecule has 134 valence electrons. The van der Waals surface area contributed by atoms with Gasteiger partial charge in [-0.2, -0.15) is 0 Å². The van der Waals surface area contributed by atoms with Gasteiger partial charge in [0.1, 0.15) is 0 Å². The molecule has 0 radical (unpaired) electrons. The van der Waals surface area contributed by atoms with Crippen molar-refractivity contribution in [2.75, 3.05) is 39.3 Å². The molecule has 0 saturated carbocycles. The summed E-state index contributed by atoms with van der Waals surface area (Å²) in [5.41, 5.74) is 1.87. The summed E-state index contributed by atoms with van der Waals surface area (Å²) < 4.78 is 1.73. The second-order valence-electron chi connectivity index (χ2n) is 6.60. The van der Waals surface area contributed by atoms with E-state index in [1.807, 2.05) is 44.3 Å². The van der Waals surface area contributed by atoms with E-state index < -0.39 is 0 Å². The highest BCUT2D eigenvalue weighted by molar-refractivity contribution is 5.79. The van der Waals surface area contributed by atoms with Crippen molar-refractivity contribution in [1.82, 2.24) is 19.7 Å². The zero-order valence-corrected chi connectivity index (χ0v) is 15.0. The quantitative estimate of drug-likeness (QED) is 0.873. The van der Waals surface area contributed by atoms with Crippen LogP contribution in [0.4, 0.5) is 0 Å². The molecular weight excluding hydrogens is 316 g/mol. The summed E-state index contributed by atoms with van der Waals surface area (Å²) in [5.74, 6) is 0.0827. The Labute approximate surface area is 148 Å². The first-order valence-corrected chi connectivity index (χ1v) is 8.87. The number of piperazine rings is 1. The number of nitrogens with one attached hydrogen (secondary N) is 1. The average molecular weight is 342 g/mol. The summed E-state index contributed by atoms with van der Waals surface area (Å²) in [6.07, 6.45) is 0. The number of para-hydroxylation sites is 1. The van der Waals surface area contributed by atoms with Gasteiger partial charge < -0.3 is 9.88 Å². The number of hydrogen-bond donors (Lipinski definition) is 1. The number of nitrogens with zero attached hydrogens (tertiary/aromatic N) is 3. The Bertz CT molecular complexity index is 807. The first kappa shape index (κ1) is 17.6. The van der Waals surface area contributed by atoms with Crippen LogP contribution in [0.25, 0.3) is 10.9 Å². The molecule has 1 aliphatic rings. The second kappa shape index (κ2) is 7.80. The first-order valence-electron chi connectivity index (χ1n) is 8.87. The monoisotopic (exact) mass is 342 g/mol. The molecule has 0 aliphatic carbocycles. The molecule has 0 atom stereocenters. The van der Waals surface area contributed by atoms with Gasteiger partial charge >= 0.3 is 0 Å². The van der Waals surface area contributed by atoms with Crippen molar-refractivity contribution in [1.29, 1.82) is 0 Å². The Kier molecular flexibility index (Phi) is 5.50. The first-order chi connectivity index (χ1) is 12.1. The number of carbonyl (C=O) groups is 1. The van der Waals surface area contributed by atoms with Gasteiger partial charge in [0.2, 0.25) is 5.91 Å².